The zero-order valence-electron chi connectivity index (χ0n) is 13.0. The molecule has 0 aliphatic rings. The fourth-order valence-electron chi connectivity index (χ4n) is 1.92. The Balaban J connectivity index is 1.97. The number of hydrogen-bond acceptors (Lipinski definition) is 3. The molecule has 0 amide bonds. The summed E-state index contributed by atoms with van der Waals surface area (Å²) in [5, 5.41) is 8.70. The molecule has 122 valence electrons. The summed E-state index contributed by atoms with van der Waals surface area (Å²) in [4.78, 5) is 5.52. The Labute approximate surface area is 152 Å². The van der Waals surface area contributed by atoms with E-state index in [4.69, 9.17) is 23.8 Å². The van der Waals surface area contributed by atoms with Gasteiger partial charge < -0.3 is 10.6 Å². The summed E-state index contributed by atoms with van der Waals surface area (Å²) in [5.41, 5.74) is 0.903. The van der Waals surface area contributed by atoms with Crippen LogP contribution in [0.3, 0.4) is 0 Å². The molecular weight excluding hydrogens is 346 g/mol. The van der Waals surface area contributed by atoms with Crippen molar-refractivity contribution in [3.05, 3.63) is 47.6 Å². The van der Waals surface area contributed by atoms with Crippen molar-refractivity contribution in [1.82, 2.24) is 10.3 Å². The molecule has 0 saturated heterocycles. The topological polar surface area (TPSA) is 37.0 Å². The normalized spacial score (nSPS) is 10.3. The van der Waals surface area contributed by atoms with Gasteiger partial charge in [-0.05, 0) is 55.0 Å². The van der Waals surface area contributed by atoms with Crippen LogP contribution in [0.2, 0.25) is 5.02 Å². The minimum absolute atomic E-state index is 0.632. The predicted octanol–water partition coefficient (Wildman–Crippen LogP) is 5.36. The van der Waals surface area contributed by atoms with Crippen LogP contribution in [0.1, 0.15) is 26.2 Å². The number of rotatable bonds is 7. The Morgan fingerprint density at radius 1 is 1.22 bits per heavy atom. The zero-order chi connectivity index (χ0) is 16.5. The first-order valence-corrected chi connectivity index (χ1v) is 9.22. The Hall–Kier alpha value is -1.30. The van der Waals surface area contributed by atoms with Crippen molar-refractivity contribution in [2.45, 2.75) is 36.1 Å². The van der Waals surface area contributed by atoms with Crippen molar-refractivity contribution >= 4 is 46.4 Å². The predicted molar refractivity (Wildman–Crippen MR) is 104 cm³/mol. The molecule has 2 rings (SSSR count). The van der Waals surface area contributed by atoms with Crippen molar-refractivity contribution < 1.29 is 0 Å². The Morgan fingerprint density at radius 3 is 2.74 bits per heavy atom. The highest BCUT2D eigenvalue weighted by Gasteiger charge is 2.07. The molecule has 0 saturated carbocycles. The quantitative estimate of drug-likeness (QED) is 0.510. The molecule has 1 aromatic heterocycles. The molecule has 3 nitrogen and oxygen atoms in total. The molecule has 1 heterocycles. The van der Waals surface area contributed by atoms with Crippen LogP contribution in [-0.2, 0) is 0 Å². The van der Waals surface area contributed by atoms with Crippen LogP contribution < -0.4 is 10.6 Å². The van der Waals surface area contributed by atoms with Crippen LogP contribution in [-0.4, -0.2) is 16.6 Å². The Kier molecular flexibility index (Phi) is 7.65. The molecule has 0 spiro atoms. The first-order valence-electron chi connectivity index (χ1n) is 7.62. The number of hydrogen-bond donors (Lipinski definition) is 2. The second-order valence-electron chi connectivity index (χ2n) is 5.00. The van der Waals surface area contributed by atoms with E-state index in [1.807, 2.05) is 36.4 Å². The third kappa shape index (κ3) is 6.37. The zero-order valence-corrected chi connectivity index (χ0v) is 15.4. The van der Waals surface area contributed by atoms with Gasteiger partial charge in [0.05, 0.1) is 5.69 Å². The molecule has 0 bridgehead atoms. The molecule has 0 aliphatic carbocycles. The van der Waals surface area contributed by atoms with Crippen molar-refractivity contribution in [1.29, 1.82) is 0 Å². The molecule has 2 N–H and O–H groups in total. The third-order valence-corrected chi connectivity index (χ3v) is 4.64. The number of aromatic nitrogens is 1. The maximum Gasteiger partial charge on any atom is 0.170 e. The van der Waals surface area contributed by atoms with E-state index < -0.39 is 0 Å². The molecule has 6 heteroatoms. The highest BCUT2D eigenvalue weighted by molar-refractivity contribution is 7.99. The van der Waals surface area contributed by atoms with E-state index in [1.54, 1.807) is 18.0 Å². The van der Waals surface area contributed by atoms with E-state index in [1.165, 1.54) is 12.8 Å². The molecule has 0 radical (unpaired) electrons. The minimum atomic E-state index is 0.632. The number of nitrogens with zero attached hydrogens (tertiary/aromatic N) is 1. The van der Waals surface area contributed by atoms with Gasteiger partial charge in [0.1, 0.15) is 5.03 Å². The number of benzene rings is 1. The second kappa shape index (κ2) is 9.75. The van der Waals surface area contributed by atoms with E-state index in [-0.39, 0.29) is 0 Å². The molecule has 2 aromatic rings. The lowest BCUT2D eigenvalue weighted by atomic mass is 10.2. The average Bonchev–Trinajstić information content (AvgIpc) is 2.55. The van der Waals surface area contributed by atoms with Crippen LogP contribution >= 0.6 is 35.6 Å². The van der Waals surface area contributed by atoms with Gasteiger partial charge >= 0.3 is 0 Å². The van der Waals surface area contributed by atoms with Crippen LogP contribution in [0.15, 0.2) is 52.5 Å². The summed E-state index contributed by atoms with van der Waals surface area (Å²) in [6, 6.07) is 11.6. The maximum atomic E-state index is 5.92. The minimum Gasteiger partial charge on any atom is -0.362 e. The van der Waals surface area contributed by atoms with Crippen molar-refractivity contribution in [2.75, 3.05) is 11.9 Å². The van der Waals surface area contributed by atoms with Crippen LogP contribution in [0.4, 0.5) is 5.69 Å². The fraction of sp³-hybridized carbons (Fsp3) is 0.294. The lowest BCUT2D eigenvalue weighted by molar-refractivity contribution is 0.697. The van der Waals surface area contributed by atoms with Gasteiger partial charge in [-0.15, -0.1) is 0 Å². The standard InChI is InChI=1S/C17H20ClN3S2/c1-2-3-4-11-20-17(22)21-15-6-5-12-19-16(15)23-14-9-7-13(18)8-10-14/h5-10,12H,2-4,11H2,1H3,(H2,20,21,22). The van der Waals surface area contributed by atoms with Crippen molar-refractivity contribution in [3.8, 4) is 0 Å². The molecule has 23 heavy (non-hydrogen) atoms. The van der Waals surface area contributed by atoms with Gasteiger partial charge in [-0.3, -0.25) is 0 Å². The molecular formula is C17H20ClN3S2. The summed E-state index contributed by atoms with van der Waals surface area (Å²) in [6.07, 6.45) is 5.31. The number of unbranched alkanes of at least 4 members (excludes halogenated alkanes) is 2. The molecule has 0 fully saturated rings. The first kappa shape index (κ1) is 18.0. The van der Waals surface area contributed by atoms with Gasteiger partial charge in [0.2, 0.25) is 0 Å². The van der Waals surface area contributed by atoms with E-state index in [9.17, 15) is 0 Å². The molecule has 1 aromatic carbocycles. The lowest BCUT2D eigenvalue weighted by Crippen LogP contribution is -2.29. The van der Waals surface area contributed by atoms with E-state index in [0.717, 1.165) is 33.6 Å². The summed E-state index contributed by atoms with van der Waals surface area (Å²) in [6.45, 7) is 3.08. The van der Waals surface area contributed by atoms with Crippen LogP contribution in [0.5, 0.6) is 0 Å². The summed E-state index contributed by atoms with van der Waals surface area (Å²) in [7, 11) is 0. The maximum absolute atomic E-state index is 5.92. The average molecular weight is 366 g/mol. The smallest absolute Gasteiger partial charge is 0.170 e. The first-order chi connectivity index (χ1) is 11.2. The van der Waals surface area contributed by atoms with Gasteiger partial charge in [-0.25, -0.2) is 4.98 Å². The summed E-state index contributed by atoms with van der Waals surface area (Å²) in [5.74, 6) is 0. The SMILES string of the molecule is CCCCCNC(=S)Nc1cccnc1Sc1ccc(Cl)cc1. The van der Waals surface area contributed by atoms with Gasteiger partial charge in [0, 0.05) is 22.7 Å². The van der Waals surface area contributed by atoms with Gasteiger partial charge in [0.25, 0.3) is 0 Å². The van der Waals surface area contributed by atoms with Crippen LogP contribution in [0.25, 0.3) is 0 Å². The monoisotopic (exact) mass is 365 g/mol. The number of pyridine rings is 1. The Bertz CT molecular complexity index is 632. The number of thiocarbonyl (C=S) groups is 1. The van der Waals surface area contributed by atoms with Crippen molar-refractivity contribution in [2.24, 2.45) is 0 Å². The highest BCUT2D eigenvalue weighted by Crippen LogP contribution is 2.32. The molecule has 0 unspecified atom stereocenters. The van der Waals surface area contributed by atoms with E-state index >= 15 is 0 Å². The van der Waals surface area contributed by atoms with Gasteiger partial charge in [-0.1, -0.05) is 43.1 Å². The Morgan fingerprint density at radius 2 is 2.00 bits per heavy atom. The van der Waals surface area contributed by atoms with Gasteiger partial charge in [0.15, 0.2) is 5.11 Å². The number of halogens is 1. The number of anilines is 1. The summed E-state index contributed by atoms with van der Waals surface area (Å²) >= 11 is 12.9. The largest absolute Gasteiger partial charge is 0.362 e. The van der Waals surface area contributed by atoms with Crippen LogP contribution in [0, 0.1) is 0 Å². The van der Waals surface area contributed by atoms with E-state index in [2.05, 4.69) is 22.5 Å². The molecule has 0 aliphatic heterocycles. The number of nitrogens with one attached hydrogen (secondary N) is 2. The highest BCUT2D eigenvalue weighted by atomic mass is 35.5. The lowest BCUT2D eigenvalue weighted by Gasteiger charge is -2.13. The second-order valence-corrected chi connectivity index (χ2v) is 6.91. The fourth-order valence-corrected chi connectivity index (χ4v) is 3.10. The van der Waals surface area contributed by atoms with E-state index in [0.29, 0.717) is 5.11 Å². The van der Waals surface area contributed by atoms with Crippen molar-refractivity contribution in [3.63, 3.8) is 0 Å². The molecule has 0 atom stereocenters. The van der Waals surface area contributed by atoms with Gasteiger partial charge in [-0.2, -0.15) is 0 Å². The summed E-state index contributed by atoms with van der Waals surface area (Å²) < 4.78 is 0. The third-order valence-electron chi connectivity index (χ3n) is 3.11.